The third-order valence-corrected chi connectivity index (χ3v) is 2.74. The number of hydrogen-bond donors (Lipinski definition) is 1. The van der Waals surface area contributed by atoms with Gasteiger partial charge < -0.3 is 10.5 Å². The molecule has 0 bridgehead atoms. The van der Waals surface area contributed by atoms with Gasteiger partial charge in [0.15, 0.2) is 0 Å². The molecule has 0 aromatic heterocycles. The van der Waals surface area contributed by atoms with E-state index in [9.17, 15) is 4.79 Å². The van der Waals surface area contributed by atoms with Gasteiger partial charge in [0.1, 0.15) is 6.04 Å². The summed E-state index contributed by atoms with van der Waals surface area (Å²) in [6.07, 6.45) is 0. The molecule has 0 aliphatic rings. The highest BCUT2D eigenvalue weighted by molar-refractivity contribution is 5.76. The van der Waals surface area contributed by atoms with Gasteiger partial charge in [0.25, 0.3) is 0 Å². The number of hydrogen-bond acceptors (Lipinski definition) is 3. The first-order valence-electron chi connectivity index (χ1n) is 4.17. The molecule has 1 unspecified atom stereocenters. The zero-order valence-electron chi connectivity index (χ0n) is 8.55. The van der Waals surface area contributed by atoms with Crippen molar-refractivity contribution in [1.82, 2.24) is 0 Å². The van der Waals surface area contributed by atoms with Crippen molar-refractivity contribution < 1.29 is 9.53 Å². The number of carbonyl (C=O) groups excluding carboxylic acids is 1. The van der Waals surface area contributed by atoms with E-state index < -0.39 is 6.04 Å². The standard InChI is InChI=1S/C9H19NO2/c1-6(2)9(3,4)7(10)8(11)12-5/h6-7H,10H2,1-5H3. The fourth-order valence-corrected chi connectivity index (χ4v) is 0.790. The molecule has 0 saturated carbocycles. The number of methoxy groups -OCH3 is 1. The van der Waals surface area contributed by atoms with Crippen LogP contribution in [0.2, 0.25) is 0 Å². The van der Waals surface area contributed by atoms with Gasteiger partial charge in [-0.2, -0.15) is 0 Å². The third-order valence-electron chi connectivity index (χ3n) is 2.74. The average Bonchev–Trinajstić information content (AvgIpc) is 2.01. The Labute approximate surface area is 74.3 Å². The number of esters is 1. The molecule has 72 valence electrons. The average molecular weight is 173 g/mol. The van der Waals surface area contributed by atoms with Crippen LogP contribution >= 0.6 is 0 Å². The topological polar surface area (TPSA) is 52.3 Å². The summed E-state index contributed by atoms with van der Waals surface area (Å²) in [4.78, 5) is 11.1. The SMILES string of the molecule is COC(=O)C(N)C(C)(C)C(C)C. The number of nitrogens with two attached hydrogens (primary N) is 1. The minimum atomic E-state index is -0.539. The van der Waals surface area contributed by atoms with Crippen LogP contribution in [0.4, 0.5) is 0 Å². The smallest absolute Gasteiger partial charge is 0.323 e. The maximum atomic E-state index is 11.1. The molecular weight excluding hydrogens is 154 g/mol. The van der Waals surface area contributed by atoms with Crippen LogP contribution in [-0.4, -0.2) is 19.1 Å². The number of rotatable bonds is 3. The lowest BCUT2D eigenvalue weighted by Crippen LogP contribution is -2.47. The van der Waals surface area contributed by atoms with E-state index in [2.05, 4.69) is 4.74 Å². The molecule has 2 N–H and O–H groups in total. The fourth-order valence-electron chi connectivity index (χ4n) is 0.790. The van der Waals surface area contributed by atoms with Crippen LogP contribution in [-0.2, 0) is 9.53 Å². The van der Waals surface area contributed by atoms with Crippen molar-refractivity contribution >= 4 is 5.97 Å². The van der Waals surface area contributed by atoms with Crippen LogP contribution < -0.4 is 5.73 Å². The van der Waals surface area contributed by atoms with Crippen LogP contribution in [0.3, 0.4) is 0 Å². The van der Waals surface area contributed by atoms with Gasteiger partial charge in [-0.1, -0.05) is 27.7 Å². The highest BCUT2D eigenvalue weighted by atomic mass is 16.5. The van der Waals surface area contributed by atoms with Crippen molar-refractivity contribution in [2.75, 3.05) is 7.11 Å². The summed E-state index contributed by atoms with van der Waals surface area (Å²) in [7, 11) is 1.36. The molecule has 0 heterocycles. The second kappa shape index (κ2) is 3.90. The van der Waals surface area contributed by atoms with Crippen LogP contribution in [0.15, 0.2) is 0 Å². The second-order valence-corrected chi connectivity index (χ2v) is 3.98. The Kier molecular flexibility index (Phi) is 3.71. The highest BCUT2D eigenvalue weighted by Gasteiger charge is 2.35. The van der Waals surface area contributed by atoms with E-state index >= 15 is 0 Å². The van der Waals surface area contributed by atoms with E-state index in [1.807, 2.05) is 27.7 Å². The summed E-state index contributed by atoms with van der Waals surface area (Å²) in [6, 6.07) is -0.539. The summed E-state index contributed by atoms with van der Waals surface area (Å²) in [5, 5.41) is 0. The van der Waals surface area contributed by atoms with E-state index in [1.54, 1.807) is 0 Å². The van der Waals surface area contributed by atoms with E-state index in [1.165, 1.54) is 7.11 Å². The molecule has 0 fully saturated rings. The predicted molar refractivity (Wildman–Crippen MR) is 48.6 cm³/mol. The summed E-state index contributed by atoms with van der Waals surface area (Å²) in [5.74, 6) is 0.0142. The van der Waals surface area contributed by atoms with Crippen molar-refractivity contribution in [1.29, 1.82) is 0 Å². The minimum Gasteiger partial charge on any atom is -0.468 e. The largest absolute Gasteiger partial charge is 0.468 e. The molecule has 3 nitrogen and oxygen atoms in total. The summed E-state index contributed by atoms with van der Waals surface area (Å²) < 4.78 is 4.58. The Morgan fingerprint density at radius 3 is 2.08 bits per heavy atom. The van der Waals surface area contributed by atoms with E-state index in [0.717, 1.165) is 0 Å². The van der Waals surface area contributed by atoms with Gasteiger partial charge in [0.05, 0.1) is 7.11 Å². The Bertz CT molecular complexity index is 164. The van der Waals surface area contributed by atoms with Crippen molar-refractivity contribution in [2.45, 2.75) is 33.7 Å². The zero-order chi connectivity index (χ0) is 9.94. The van der Waals surface area contributed by atoms with Crippen molar-refractivity contribution in [3.8, 4) is 0 Å². The Morgan fingerprint density at radius 2 is 1.83 bits per heavy atom. The second-order valence-electron chi connectivity index (χ2n) is 3.98. The molecule has 0 radical (unpaired) electrons. The normalized spacial score (nSPS) is 14.6. The summed E-state index contributed by atoms with van der Waals surface area (Å²) in [6.45, 7) is 8.03. The first-order chi connectivity index (χ1) is 5.34. The lowest BCUT2D eigenvalue weighted by molar-refractivity contribution is -0.145. The van der Waals surface area contributed by atoms with Gasteiger partial charge in [-0.05, 0) is 11.3 Å². The monoisotopic (exact) mass is 173 g/mol. The maximum Gasteiger partial charge on any atom is 0.323 e. The zero-order valence-corrected chi connectivity index (χ0v) is 8.55. The van der Waals surface area contributed by atoms with Gasteiger partial charge in [0.2, 0.25) is 0 Å². The molecule has 0 spiro atoms. The van der Waals surface area contributed by atoms with E-state index in [0.29, 0.717) is 5.92 Å². The number of ether oxygens (including phenoxy) is 1. The lowest BCUT2D eigenvalue weighted by Gasteiger charge is -2.33. The Morgan fingerprint density at radius 1 is 1.42 bits per heavy atom. The van der Waals surface area contributed by atoms with Gasteiger partial charge in [-0.3, -0.25) is 4.79 Å². The van der Waals surface area contributed by atoms with Crippen molar-refractivity contribution in [3.05, 3.63) is 0 Å². The van der Waals surface area contributed by atoms with E-state index in [4.69, 9.17) is 5.73 Å². The molecule has 3 heteroatoms. The molecule has 0 aromatic carbocycles. The van der Waals surface area contributed by atoms with Gasteiger partial charge >= 0.3 is 5.97 Å². The third kappa shape index (κ3) is 2.21. The van der Waals surface area contributed by atoms with Gasteiger partial charge in [0, 0.05) is 0 Å². The fraction of sp³-hybridized carbons (Fsp3) is 0.889. The van der Waals surface area contributed by atoms with Gasteiger partial charge in [-0.15, -0.1) is 0 Å². The Hall–Kier alpha value is -0.570. The van der Waals surface area contributed by atoms with Crippen LogP contribution in [0.1, 0.15) is 27.7 Å². The Balaban J connectivity index is 4.45. The first kappa shape index (κ1) is 11.4. The van der Waals surface area contributed by atoms with E-state index in [-0.39, 0.29) is 11.4 Å². The predicted octanol–water partition coefficient (Wildman–Crippen LogP) is 1.17. The summed E-state index contributed by atoms with van der Waals surface area (Å²) >= 11 is 0. The maximum absolute atomic E-state index is 11.1. The van der Waals surface area contributed by atoms with Gasteiger partial charge in [-0.25, -0.2) is 0 Å². The van der Waals surface area contributed by atoms with Crippen LogP contribution in [0, 0.1) is 11.3 Å². The van der Waals surface area contributed by atoms with Crippen molar-refractivity contribution in [3.63, 3.8) is 0 Å². The lowest BCUT2D eigenvalue weighted by atomic mass is 9.75. The molecular formula is C9H19NO2. The molecule has 0 aliphatic heterocycles. The number of carbonyl (C=O) groups is 1. The molecule has 0 amide bonds. The quantitative estimate of drug-likeness (QED) is 0.652. The van der Waals surface area contributed by atoms with Crippen LogP contribution in [0.5, 0.6) is 0 Å². The van der Waals surface area contributed by atoms with Crippen LogP contribution in [0.25, 0.3) is 0 Å². The molecule has 12 heavy (non-hydrogen) atoms. The molecule has 0 saturated heterocycles. The summed E-state index contributed by atoms with van der Waals surface area (Å²) in [5.41, 5.74) is 5.52. The first-order valence-corrected chi connectivity index (χ1v) is 4.17. The minimum absolute atomic E-state index is 0.215. The highest BCUT2D eigenvalue weighted by Crippen LogP contribution is 2.29. The molecule has 0 aliphatic carbocycles. The molecule has 0 rings (SSSR count). The molecule has 1 atom stereocenters. The molecule has 0 aromatic rings. The van der Waals surface area contributed by atoms with Crippen molar-refractivity contribution in [2.24, 2.45) is 17.1 Å².